The van der Waals surface area contributed by atoms with Crippen LogP contribution in [0, 0.1) is 6.57 Å². The number of benzene rings is 2. The van der Waals surface area contributed by atoms with Gasteiger partial charge in [-0.3, -0.25) is 4.85 Å². The molecule has 4 rings (SSSR count). The van der Waals surface area contributed by atoms with Crippen molar-refractivity contribution in [1.29, 1.82) is 0 Å². The number of methoxy groups -OCH3 is 1. The second-order valence-corrected chi connectivity index (χ2v) is 15.6. The third-order valence-electron chi connectivity index (χ3n) is 5.08. The maximum absolute atomic E-state index is 6.83. The molecule has 0 aliphatic rings. The van der Waals surface area contributed by atoms with Crippen LogP contribution in [0.2, 0.25) is 25.7 Å². The van der Waals surface area contributed by atoms with Crippen LogP contribution >= 0.6 is 11.3 Å². The first-order valence-electron chi connectivity index (χ1n) is 11.1. The Morgan fingerprint density at radius 3 is 2.63 bits per heavy atom. The summed E-state index contributed by atoms with van der Waals surface area (Å²) in [5, 5.41) is 9.20. The van der Waals surface area contributed by atoms with Crippen molar-refractivity contribution >= 4 is 40.8 Å². The van der Waals surface area contributed by atoms with E-state index in [1.54, 1.807) is 24.1 Å². The molecule has 0 radical (unpaired) electrons. The highest BCUT2D eigenvalue weighted by Crippen LogP contribution is 2.37. The van der Waals surface area contributed by atoms with Gasteiger partial charge in [0.05, 0.1) is 11.8 Å². The van der Waals surface area contributed by atoms with E-state index < -0.39 is 8.07 Å². The zero-order chi connectivity index (χ0) is 24.8. The Morgan fingerprint density at radius 1 is 1.11 bits per heavy atom. The molecule has 0 bridgehead atoms. The van der Waals surface area contributed by atoms with Gasteiger partial charge < -0.3 is 18.6 Å². The summed E-state index contributed by atoms with van der Waals surface area (Å²) in [5.74, 6) is 1.67. The minimum atomic E-state index is -1.23. The van der Waals surface area contributed by atoms with Crippen LogP contribution in [-0.4, -0.2) is 50.4 Å². The van der Waals surface area contributed by atoms with E-state index in [2.05, 4.69) is 34.7 Å². The first-order valence-corrected chi connectivity index (χ1v) is 15.6. The predicted molar refractivity (Wildman–Crippen MR) is 139 cm³/mol. The number of para-hydroxylation sites is 1. The van der Waals surface area contributed by atoms with Gasteiger partial charge in [-0.15, -0.1) is 5.10 Å². The first-order chi connectivity index (χ1) is 16.9. The van der Waals surface area contributed by atoms with Gasteiger partial charge in [0, 0.05) is 20.2 Å². The molecule has 35 heavy (non-hydrogen) atoms. The maximum atomic E-state index is 6.83. The number of anilines is 2. The Balaban J connectivity index is 1.60. The predicted octanol–water partition coefficient (Wildman–Crippen LogP) is 6.06. The molecule has 0 fully saturated rings. The van der Waals surface area contributed by atoms with Gasteiger partial charge in [0.1, 0.15) is 23.7 Å². The van der Waals surface area contributed by atoms with Gasteiger partial charge in [-0.2, -0.15) is 0 Å². The number of nitrogens with zero attached hydrogens (tertiary/aromatic N) is 5. The molecular formula is C24H27N5O4SSi. The summed E-state index contributed by atoms with van der Waals surface area (Å²) in [5.41, 5.74) is 1.52. The molecule has 11 heteroatoms. The van der Waals surface area contributed by atoms with Crippen LogP contribution in [0.5, 0.6) is 11.5 Å². The molecule has 182 valence electrons. The standard InChI is InChI=1S/C24H27N5O4SSi/c1-25-15-32-18-11-9-17(10-12-18)22-27-28-23(33-22)29(16-31-13-14-35(3,4)5)24-26-21-19(30-2)7-6-8-20(21)34-24/h6-12H,13-16H2,2-5H3. The number of aromatic nitrogens is 3. The van der Waals surface area contributed by atoms with Crippen molar-refractivity contribution in [2.75, 3.05) is 32.1 Å². The lowest BCUT2D eigenvalue weighted by atomic mass is 10.2. The third-order valence-corrected chi connectivity index (χ3v) is 7.83. The Kier molecular flexibility index (Phi) is 7.65. The van der Waals surface area contributed by atoms with Gasteiger partial charge in [0.25, 0.3) is 0 Å². The summed E-state index contributed by atoms with van der Waals surface area (Å²) >= 11 is 1.50. The second-order valence-electron chi connectivity index (χ2n) is 8.93. The molecule has 0 atom stereocenters. The number of hydrogen-bond donors (Lipinski definition) is 0. The quantitative estimate of drug-likeness (QED) is 0.104. The summed E-state index contributed by atoms with van der Waals surface area (Å²) in [7, 11) is 0.401. The van der Waals surface area contributed by atoms with Crippen LogP contribution in [0.3, 0.4) is 0 Å². The molecule has 2 aromatic carbocycles. The minimum Gasteiger partial charge on any atom is -0.494 e. The van der Waals surface area contributed by atoms with Crippen molar-refractivity contribution in [3.8, 4) is 23.0 Å². The van der Waals surface area contributed by atoms with Gasteiger partial charge in [0.2, 0.25) is 5.89 Å². The molecule has 0 unspecified atom stereocenters. The summed E-state index contributed by atoms with van der Waals surface area (Å²) in [4.78, 5) is 9.77. The van der Waals surface area contributed by atoms with E-state index >= 15 is 0 Å². The fourth-order valence-electron chi connectivity index (χ4n) is 3.16. The normalized spacial score (nSPS) is 11.4. The van der Waals surface area contributed by atoms with E-state index in [1.807, 2.05) is 30.3 Å². The SMILES string of the molecule is [C-]#[N+]COc1ccc(-c2nnc(N(COCC[Si](C)(C)C)c3nc4c(OC)cccc4s3)o2)cc1. The number of hydrogen-bond acceptors (Lipinski definition) is 9. The number of ether oxygens (including phenoxy) is 3. The van der Waals surface area contributed by atoms with Crippen LogP contribution in [0.1, 0.15) is 0 Å². The van der Waals surface area contributed by atoms with Crippen LogP contribution in [0.4, 0.5) is 11.1 Å². The molecule has 0 N–H and O–H groups in total. The zero-order valence-corrected chi connectivity index (χ0v) is 22.0. The molecule has 2 aromatic heterocycles. The Hall–Kier alpha value is -3.46. The van der Waals surface area contributed by atoms with Crippen LogP contribution < -0.4 is 14.4 Å². The molecule has 0 saturated heterocycles. The van der Waals surface area contributed by atoms with Crippen LogP contribution in [0.15, 0.2) is 46.9 Å². The fourth-order valence-corrected chi connectivity index (χ4v) is 4.88. The van der Waals surface area contributed by atoms with E-state index in [0.29, 0.717) is 35.1 Å². The van der Waals surface area contributed by atoms with Crippen LogP contribution in [-0.2, 0) is 4.74 Å². The summed E-state index contributed by atoms with van der Waals surface area (Å²) in [6.07, 6.45) is 0. The minimum absolute atomic E-state index is 0.0241. The van der Waals surface area contributed by atoms with E-state index in [0.717, 1.165) is 21.8 Å². The number of fused-ring (bicyclic) bond motifs is 1. The molecule has 9 nitrogen and oxygen atoms in total. The Bertz CT molecular complexity index is 1310. The fraction of sp³-hybridized carbons (Fsp3) is 0.333. The molecule has 0 amide bonds. The maximum Gasteiger partial charge on any atom is 0.357 e. The smallest absolute Gasteiger partial charge is 0.357 e. The highest BCUT2D eigenvalue weighted by atomic mass is 32.1. The van der Waals surface area contributed by atoms with Gasteiger partial charge in [-0.05, 0) is 42.4 Å². The number of rotatable bonds is 11. The van der Waals surface area contributed by atoms with Crippen molar-refractivity contribution in [2.24, 2.45) is 0 Å². The average Bonchev–Trinajstić information content (AvgIpc) is 3.50. The van der Waals surface area contributed by atoms with Gasteiger partial charge >= 0.3 is 12.7 Å². The second kappa shape index (κ2) is 10.9. The van der Waals surface area contributed by atoms with E-state index in [9.17, 15) is 0 Å². The van der Waals surface area contributed by atoms with Crippen molar-refractivity contribution in [3.63, 3.8) is 0 Å². The monoisotopic (exact) mass is 509 g/mol. The third kappa shape index (κ3) is 6.16. The van der Waals surface area contributed by atoms with Gasteiger partial charge in [0.15, 0.2) is 5.13 Å². The molecule has 4 aromatic rings. The Morgan fingerprint density at radius 2 is 1.91 bits per heavy atom. The lowest BCUT2D eigenvalue weighted by Gasteiger charge is -2.19. The average molecular weight is 510 g/mol. The highest BCUT2D eigenvalue weighted by molar-refractivity contribution is 7.22. The Labute approximate surface area is 209 Å². The summed E-state index contributed by atoms with van der Waals surface area (Å²) in [6, 6.07) is 14.3. The molecular weight excluding hydrogens is 482 g/mol. The first kappa shape index (κ1) is 24.7. The van der Waals surface area contributed by atoms with Crippen molar-refractivity contribution < 1.29 is 18.6 Å². The van der Waals surface area contributed by atoms with E-state index in [-0.39, 0.29) is 13.5 Å². The van der Waals surface area contributed by atoms with Crippen molar-refractivity contribution in [2.45, 2.75) is 25.7 Å². The summed E-state index contributed by atoms with van der Waals surface area (Å²) < 4.78 is 23.8. The van der Waals surface area contributed by atoms with Crippen LogP contribution in [0.25, 0.3) is 26.5 Å². The molecule has 0 aliphatic heterocycles. The molecule has 0 saturated carbocycles. The number of thiazole rings is 1. The highest BCUT2D eigenvalue weighted by Gasteiger charge is 2.23. The van der Waals surface area contributed by atoms with Gasteiger partial charge in [-0.1, -0.05) is 42.1 Å². The van der Waals surface area contributed by atoms with Gasteiger partial charge in [-0.25, -0.2) is 16.5 Å². The van der Waals surface area contributed by atoms with E-state index in [1.165, 1.54) is 11.3 Å². The van der Waals surface area contributed by atoms with E-state index in [4.69, 9.17) is 30.2 Å². The van der Waals surface area contributed by atoms with Crippen molar-refractivity contribution in [1.82, 2.24) is 15.2 Å². The zero-order valence-electron chi connectivity index (χ0n) is 20.1. The topological polar surface area (TPSA) is 87.1 Å². The molecule has 2 heterocycles. The lowest BCUT2D eigenvalue weighted by molar-refractivity contribution is 0.150. The lowest BCUT2D eigenvalue weighted by Crippen LogP contribution is -2.25. The summed E-state index contributed by atoms with van der Waals surface area (Å²) in [6.45, 7) is 14.6. The van der Waals surface area contributed by atoms with Crippen molar-refractivity contribution in [3.05, 3.63) is 53.9 Å². The molecule has 0 spiro atoms. The largest absolute Gasteiger partial charge is 0.494 e. The molecule has 0 aliphatic carbocycles.